The molecule has 0 bridgehead atoms. The minimum Gasteiger partial charge on any atom is -0.352 e. The lowest BCUT2D eigenvalue weighted by atomic mass is 9.88. The fourth-order valence-corrected chi connectivity index (χ4v) is 4.08. The molecular formula is C19H22ClN5O3. The number of imidazole rings is 1. The molecule has 2 aromatic rings. The van der Waals surface area contributed by atoms with E-state index in [1.54, 1.807) is 42.4 Å². The van der Waals surface area contributed by atoms with E-state index < -0.39 is 11.7 Å². The summed E-state index contributed by atoms with van der Waals surface area (Å²) in [6.45, 7) is 1.47. The Hall–Kier alpha value is -2.58. The molecule has 3 amide bonds. The molecule has 0 saturated carbocycles. The second-order valence-corrected chi connectivity index (χ2v) is 7.48. The van der Waals surface area contributed by atoms with Crippen molar-refractivity contribution in [2.24, 2.45) is 0 Å². The second kappa shape index (κ2) is 7.44. The average molecular weight is 404 g/mol. The van der Waals surface area contributed by atoms with Crippen molar-refractivity contribution in [3.05, 3.63) is 47.5 Å². The Kier molecular flexibility index (Phi) is 4.99. The molecule has 4 rings (SSSR count). The van der Waals surface area contributed by atoms with Gasteiger partial charge in [0, 0.05) is 56.1 Å². The monoisotopic (exact) mass is 403 g/mol. The van der Waals surface area contributed by atoms with Gasteiger partial charge in [0.15, 0.2) is 6.10 Å². The van der Waals surface area contributed by atoms with Crippen LogP contribution in [0.5, 0.6) is 0 Å². The van der Waals surface area contributed by atoms with Crippen molar-refractivity contribution in [3.63, 3.8) is 0 Å². The van der Waals surface area contributed by atoms with Gasteiger partial charge in [0.1, 0.15) is 11.4 Å². The molecule has 1 aromatic heterocycles. The fourth-order valence-electron chi connectivity index (χ4n) is 3.89. The number of carbonyl (C=O) groups excluding carboxylic acids is 2. The molecule has 3 heterocycles. The Morgan fingerprint density at radius 3 is 2.82 bits per heavy atom. The van der Waals surface area contributed by atoms with Crippen LogP contribution in [0.15, 0.2) is 36.7 Å². The third kappa shape index (κ3) is 3.45. The van der Waals surface area contributed by atoms with E-state index in [9.17, 15) is 9.59 Å². The molecule has 1 atom stereocenters. The molecule has 28 heavy (non-hydrogen) atoms. The summed E-state index contributed by atoms with van der Waals surface area (Å²) in [6.07, 6.45) is 4.09. The number of fused-ring (bicyclic) bond motifs is 2. The quantitative estimate of drug-likeness (QED) is 0.804. The van der Waals surface area contributed by atoms with E-state index in [2.05, 4.69) is 15.6 Å². The topological polar surface area (TPSA) is 88.5 Å². The van der Waals surface area contributed by atoms with Crippen LogP contribution in [-0.2, 0) is 21.7 Å². The summed E-state index contributed by atoms with van der Waals surface area (Å²) < 4.78 is 8.31. The van der Waals surface area contributed by atoms with Gasteiger partial charge in [-0.1, -0.05) is 17.7 Å². The van der Waals surface area contributed by atoms with Crippen molar-refractivity contribution in [3.8, 4) is 0 Å². The van der Waals surface area contributed by atoms with E-state index in [4.69, 9.17) is 16.3 Å². The van der Waals surface area contributed by atoms with Crippen LogP contribution in [0.3, 0.4) is 0 Å². The Balaban J connectivity index is 1.53. The highest BCUT2D eigenvalue weighted by Crippen LogP contribution is 2.40. The van der Waals surface area contributed by atoms with Crippen LogP contribution in [0.4, 0.5) is 10.5 Å². The first-order valence-corrected chi connectivity index (χ1v) is 9.61. The van der Waals surface area contributed by atoms with Crippen LogP contribution in [0.1, 0.15) is 18.7 Å². The number of nitrogens with one attached hydrogen (secondary N) is 2. The summed E-state index contributed by atoms with van der Waals surface area (Å²) in [5.41, 5.74) is -0.0520. The number of aromatic nitrogens is 2. The lowest BCUT2D eigenvalue weighted by Crippen LogP contribution is -2.54. The minimum absolute atomic E-state index is 0.107. The molecule has 2 N–H and O–H groups in total. The van der Waals surface area contributed by atoms with E-state index >= 15 is 0 Å². The molecule has 0 aliphatic carbocycles. The Labute approximate surface area is 167 Å². The zero-order valence-corrected chi connectivity index (χ0v) is 16.3. The Morgan fingerprint density at radius 1 is 1.32 bits per heavy atom. The van der Waals surface area contributed by atoms with Crippen molar-refractivity contribution < 1.29 is 14.3 Å². The number of carbonyl (C=O) groups is 2. The van der Waals surface area contributed by atoms with Crippen LogP contribution in [-0.4, -0.2) is 52.6 Å². The van der Waals surface area contributed by atoms with Crippen molar-refractivity contribution in [1.82, 2.24) is 19.8 Å². The van der Waals surface area contributed by atoms with Crippen molar-refractivity contribution in [2.75, 3.05) is 25.5 Å². The molecule has 1 fully saturated rings. The van der Waals surface area contributed by atoms with Gasteiger partial charge in [0.25, 0.3) is 5.91 Å². The number of nitrogens with zero attached hydrogens (tertiary/aromatic N) is 3. The number of ether oxygens (including phenoxy) is 1. The van der Waals surface area contributed by atoms with E-state index in [-0.39, 0.29) is 11.9 Å². The minimum atomic E-state index is -0.678. The number of rotatable bonds is 2. The Morgan fingerprint density at radius 2 is 2.11 bits per heavy atom. The standard InChI is InChI=1S/C19H22ClN5O3/c1-21-18(27)24-8-5-19(6-9-24)17-22-7-10-25(17)12-15(28-19)16(26)23-14-4-2-3-13(20)11-14/h2-4,7,10-11,15H,5-6,8-9,12H2,1H3,(H,21,27)(H,23,26). The molecule has 2 aliphatic rings. The van der Waals surface area contributed by atoms with Gasteiger partial charge in [0.05, 0.1) is 6.54 Å². The van der Waals surface area contributed by atoms with Crippen molar-refractivity contribution in [1.29, 1.82) is 0 Å². The van der Waals surface area contributed by atoms with Gasteiger partial charge in [-0.15, -0.1) is 0 Å². The van der Waals surface area contributed by atoms with Crippen molar-refractivity contribution in [2.45, 2.75) is 31.1 Å². The van der Waals surface area contributed by atoms with Gasteiger partial charge in [-0.25, -0.2) is 9.78 Å². The number of anilines is 1. The first-order valence-electron chi connectivity index (χ1n) is 9.23. The first kappa shape index (κ1) is 18.8. The summed E-state index contributed by atoms with van der Waals surface area (Å²) >= 11 is 6.00. The summed E-state index contributed by atoms with van der Waals surface area (Å²) in [4.78, 5) is 31.0. The predicted octanol–water partition coefficient (Wildman–Crippen LogP) is 2.20. The third-order valence-corrected chi connectivity index (χ3v) is 5.55. The van der Waals surface area contributed by atoms with Crippen LogP contribution < -0.4 is 10.6 Å². The molecule has 0 radical (unpaired) electrons. The third-order valence-electron chi connectivity index (χ3n) is 5.31. The summed E-state index contributed by atoms with van der Waals surface area (Å²) in [6, 6.07) is 6.91. The molecule has 1 spiro atoms. The van der Waals surface area contributed by atoms with E-state index in [1.165, 1.54) is 0 Å². The summed E-state index contributed by atoms with van der Waals surface area (Å²) in [5, 5.41) is 6.08. The number of hydrogen-bond donors (Lipinski definition) is 2. The zero-order chi connectivity index (χ0) is 19.7. The SMILES string of the molecule is CNC(=O)N1CCC2(CC1)OC(C(=O)Nc1cccc(Cl)c1)Cn1ccnc12. The molecule has 1 aromatic carbocycles. The van der Waals surface area contributed by atoms with Crippen LogP contribution in [0.25, 0.3) is 0 Å². The lowest BCUT2D eigenvalue weighted by molar-refractivity contribution is -0.167. The van der Waals surface area contributed by atoms with Gasteiger partial charge in [-0.05, 0) is 18.2 Å². The second-order valence-electron chi connectivity index (χ2n) is 7.05. The van der Waals surface area contributed by atoms with Crippen LogP contribution in [0, 0.1) is 0 Å². The van der Waals surface area contributed by atoms with Crippen molar-refractivity contribution >= 4 is 29.2 Å². The number of halogens is 1. The predicted molar refractivity (Wildman–Crippen MR) is 104 cm³/mol. The number of hydrogen-bond acceptors (Lipinski definition) is 4. The lowest BCUT2D eigenvalue weighted by Gasteiger charge is -2.45. The number of urea groups is 1. The van der Waals surface area contributed by atoms with Gasteiger partial charge in [-0.3, -0.25) is 4.79 Å². The number of likely N-dealkylation sites (tertiary alicyclic amines) is 1. The van der Waals surface area contributed by atoms with Crippen LogP contribution >= 0.6 is 11.6 Å². The largest absolute Gasteiger partial charge is 0.352 e. The van der Waals surface area contributed by atoms with Crippen LogP contribution in [0.2, 0.25) is 5.02 Å². The Bertz CT molecular complexity index is 891. The molecule has 148 valence electrons. The molecule has 9 heteroatoms. The normalized spacial score (nSPS) is 20.5. The van der Waals surface area contributed by atoms with Gasteiger partial charge >= 0.3 is 6.03 Å². The molecule has 2 aliphatic heterocycles. The summed E-state index contributed by atoms with van der Waals surface area (Å²) in [5.74, 6) is 0.589. The van der Waals surface area contributed by atoms with Gasteiger partial charge in [-0.2, -0.15) is 0 Å². The highest BCUT2D eigenvalue weighted by Gasteiger charge is 2.47. The summed E-state index contributed by atoms with van der Waals surface area (Å²) in [7, 11) is 1.62. The number of piperidine rings is 1. The number of benzene rings is 1. The van der Waals surface area contributed by atoms with E-state index in [0.717, 1.165) is 5.82 Å². The average Bonchev–Trinajstić information content (AvgIpc) is 3.18. The molecule has 1 unspecified atom stereocenters. The zero-order valence-electron chi connectivity index (χ0n) is 15.5. The smallest absolute Gasteiger partial charge is 0.317 e. The molecule has 1 saturated heterocycles. The maximum absolute atomic E-state index is 12.9. The maximum atomic E-state index is 12.9. The fraction of sp³-hybridized carbons (Fsp3) is 0.421. The maximum Gasteiger partial charge on any atom is 0.317 e. The molecule has 8 nitrogen and oxygen atoms in total. The van der Waals surface area contributed by atoms with Gasteiger partial charge < -0.3 is 24.8 Å². The van der Waals surface area contributed by atoms with E-state index in [1.807, 2.05) is 10.8 Å². The van der Waals surface area contributed by atoms with E-state index in [0.29, 0.717) is 43.2 Å². The van der Waals surface area contributed by atoms with Gasteiger partial charge in [0.2, 0.25) is 0 Å². The number of amides is 3. The highest BCUT2D eigenvalue weighted by atomic mass is 35.5. The molecular weight excluding hydrogens is 382 g/mol. The highest BCUT2D eigenvalue weighted by molar-refractivity contribution is 6.30. The first-order chi connectivity index (χ1) is 13.5.